The van der Waals surface area contributed by atoms with Crippen LogP contribution in [-0.4, -0.2) is 23.3 Å². The van der Waals surface area contributed by atoms with Crippen molar-refractivity contribution in [2.75, 3.05) is 16.8 Å². The Morgan fingerprint density at radius 1 is 1.14 bits per heavy atom. The highest BCUT2D eigenvalue weighted by Crippen LogP contribution is 2.13. The Bertz CT molecular complexity index is 624. The van der Waals surface area contributed by atoms with Crippen LogP contribution in [0.3, 0.4) is 0 Å². The van der Waals surface area contributed by atoms with Crippen molar-refractivity contribution < 1.29 is 9.59 Å². The number of benzene rings is 1. The molecule has 0 fully saturated rings. The van der Waals surface area contributed by atoms with E-state index in [0.717, 1.165) is 5.56 Å². The fraction of sp³-hybridized carbons (Fsp3) is 0.188. The molecule has 2 amide bonds. The van der Waals surface area contributed by atoms with E-state index in [2.05, 4.69) is 10.3 Å². The maximum absolute atomic E-state index is 12.2. The first kappa shape index (κ1) is 14.7. The van der Waals surface area contributed by atoms with Crippen LogP contribution in [0.2, 0.25) is 0 Å². The number of carbonyl (C=O) groups excluding carboxylic acids is 2. The van der Waals surface area contributed by atoms with Gasteiger partial charge in [-0.25, -0.2) is 4.98 Å². The van der Waals surface area contributed by atoms with E-state index in [1.54, 1.807) is 24.4 Å². The molecule has 0 aliphatic rings. The highest BCUT2D eigenvalue weighted by atomic mass is 16.2. The molecule has 1 N–H and O–H groups in total. The first-order valence-corrected chi connectivity index (χ1v) is 6.72. The van der Waals surface area contributed by atoms with Crippen LogP contribution < -0.4 is 10.2 Å². The molecule has 0 spiro atoms. The molecule has 1 heterocycles. The molecule has 0 saturated heterocycles. The number of hydrogen-bond acceptors (Lipinski definition) is 3. The molecule has 108 valence electrons. The number of aryl methyl sites for hydroxylation is 1. The summed E-state index contributed by atoms with van der Waals surface area (Å²) in [4.78, 5) is 29.7. The van der Waals surface area contributed by atoms with Crippen LogP contribution in [0.15, 0.2) is 48.7 Å². The topological polar surface area (TPSA) is 62.3 Å². The Labute approximate surface area is 123 Å². The van der Waals surface area contributed by atoms with Gasteiger partial charge in [-0.3, -0.25) is 9.59 Å². The minimum absolute atomic E-state index is 0.364. The van der Waals surface area contributed by atoms with E-state index in [0.29, 0.717) is 18.1 Å². The number of hydrogen-bond donors (Lipinski definition) is 1. The maximum Gasteiger partial charge on any atom is 0.316 e. The Kier molecular flexibility index (Phi) is 4.66. The first-order chi connectivity index (χ1) is 10.1. The van der Waals surface area contributed by atoms with Crippen molar-refractivity contribution in [3.63, 3.8) is 0 Å². The zero-order valence-electron chi connectivity index (χ0n) is 12.0. The number of rotatable bonds is 3. The van der Waals surface area contributed by atoms with Crippen molar-refractivity contribution in [3.8, 4) is 0 Å². The van der Waals surface area contributed by atoms with Crippen LogP contribution in [-0.2, 0) is 9.59 Å². The largest absolute Gasteiger partial charge is 0.316 e. The van der Waals surface area contributed by atoms with Crippen LogP contribution in [0.4, 0.5) is 11.5 Å². The average molecular weight is 283 g/mol. The fourth-order valence-electron chi connectivity index (χ4n) is 1.89. The third-order valence-corrected chi connectivity index (χ3v) is 2.98. The van der Waals surface area contributed by atoms with E-state index in [4.69, 9.17) is 0 Å². The fourth-order valence-corrected chi connectivity index (χ4v) is 1.89. The van der Waals surface area contributed by atoms with E-state index in [9.17, 15) is 9.59 Å². The molecule has 0 unspecified atom stereocenters. The van der Waals surface area contributed by atoms with Crippen LogP contribution >= 0.6 is 0 Å². The van der Waals surface area contributed by atoms with Gasteiger partial charge in [0.15, 0.2) is 0 Å². The summed E-state index contributed by atoms with van der Waals surface area (Å²) >= 11 is 0. The van der Waals surface area contributed by atoms with Gasteiger partial charge < -0.3 is 10.2 Å². The van der Waals surface area contributed by atoms with Gasteiger partial charge in [0.1, 0.15) is 5.82 Å². The molecular formula is C16H17N3O2. The molecule has 1 aromatic heterocycles. The summed E-state index contributed by atoms with van der Waals surface area (Å²) in [5.74, 6) is -0.939. The van der Waals surface area contributed by atoms with Gasteiger partial charge >= 0.3 is 11.8 Å². The number of amides is 2. The second kappa shape index (κ2) is 6.65. The lowest BCUT2D eigenvalue weighted by atomic mass is 10.2. The van der Waals surface area contributed by atoms with Gasteiger partial charge in [0.2, 0.25) is 0 Å². The van der Waals surface area contributed by atoms with Crippen molar-refractivity contribution in [1.29, 1.82) is 0 Å². The number of anilines is 2. The number of likely N-dealkylation sites (N-methyl/N-ethyl adjacent to an activating group) is 1. The van der Waals surface area contributed by atoms with E-state index >= 15 is 0 Å². The van der Waals surface area contributed by atoms with Crippen molar-refractivity contribution in [1.82, 2.24) is 4.98 Å². The van der Waals surface area contributed by atoms with E-state index in [1.807, 2.05) is 38.1 Å². The quantitative estimate of drug-likeness (QED) is 0.880. The van der Waals surface area contributed by atoms with E-state index in [-0.39, 0.29) is 0 Å². The third-order valence-electron chi connectivity index (χ3n) is 2.98. The molecule has 0 aliphatic carbocycles. The number of para-hydroxylation sites is 1. The molecule has 5 nitrogen and oxygen atoms in total. The Morgan fingerprint density at radius 2 is 1.86 bits per heavy atom. The van der Waals surface area contributed by atoms with Gasteiger partial charge in [-0.1, -0.05) is 24.3 Å². The van der Waals surface area contributed by atoms with Crippen molar-refractivity contribution in [2.45, 2.75) is 13.8 Å². The molecule has 0 aliphatic heterocycles. The molecule has 0 atom stereocenters. The minimum Gasteiger partial charge on any atom is -0.304 e. The van der Waals surface area contributed by atoms with Gasteiger partial charge in [-0.15, -0.1) is 0 Å². The molecule has 2 aromatic rings. The van der Waals surface area contributed by atoms with Crippen molar-refractivity contribution in [2.24, 2.45) is 0 Å². The molecule has 21 heavy (non-hydrogen) atoms. The second-order valence-electron chi connectivity index (χ2n) is 4.56. The number of pyridine rings is 1. The van der Waals surface area contributed by atoms with Gasteiger partial charge in [-0.05, 0) is 37.6 Å². The number of nitrogens with one attached hydrogen (secondary N) is 1. The lowest BCUT2D eigenvalue weighted by molar-refractivity contribution is -0.134. The highest BCUT2D eigenvalue weighted by Gasteiger charge is 2.22. The van der Waals surface area contributed by atoms with Crippen LogP contribution in [0, 0.1) is 6.92 Å². The zero-order valence-corrected chi connectivity index (χ0v) is 12.0. The number of nitrogens with zero attached hydrogens (tertiary/aromatic N) is 2. The summed E-state index contributed by atoms with van der Waals surface area (Å²) in [5, 5.41) is 2.51. The lowest BCUT2D eigenvalue weighted by Crippen LogP contribution is -2.39. The minimum atomic E-state index is -0.697. The third kappa shape index (κ3) is 3.66. The number of aromatic nitrogens is 1. The molecule has 1 aromatic carbocycles. The second-order valence-corrected chi connectivity index (χ2v) is 4.56. The molecule has 5 heteroatoms. The normalized spacial score (nSPS) is 10.0. The molecular weight excluding hydrogens is 266 g/mol. The Balaban J connectivity index is 2.10. The smallest absolute Gasteiger partial charge is 0.304 e. The van der Waals surface area contributed by atoms with Gasteiger partial charge in [0.05, 0.1) is 0 Å². The van der Waals surface area contributed by atoms with Gasteiger partial charge in [-0.2, -0.15) is 0 Å². The Hall–Kier alpha value is -2.69. The predicted molar refractivity (Wildman–Crippen MR) is 82.1 cm³/mol. The molecule has 0 saturated carbocycles. The van der Waals surface area contributed by atoms with E-state index in [1.165, 1.54) is 4.90 Å². The van der Waals surface area contributed by atoms with Crippen LogP contribution in [0.1, 0.15) is 12.5 Å². The summed E-state index contributed by atoms with van der Waals surface area (Å²) in [6.07, 6.45) is 1.63. The number of carbonyl (C=O) groups is 2. The average Bonchev–Trinajstić information content (AvgIpc) is 2.51. The van der Waals surface area contributed by atoms with Crippen LogP contribution in [0.25, 0.3) is 0 Å². The zero-order chi connectivity index (χ0) is 15.2. The highest BCUT2D eigenvalue weighted by molar-refractivity contribution is 6.44. The molecule has 0 radical (unpaired) electrons. The summed E-state index contributed by atoms with van der Waals surface area (Å²) in [5.41, 5.74) is 1.68. The van der Waals surface area contributed by atoms with Crippen LogP contribution in [0.5, 0.6) is 0 Å². The summed E-state index contributed by atoms with van der Waals surface area (Å²) < 4.78 is 0. The van der Waals surface area contributed by atoms with Gasteiger partial charge in [0.25, 0.3) is 0 Å². The van der Waals surface area contributed by atoms with Crippen molar-refractivity contribution >= 4 is 23.3 Å². The summed E-state index contributed by atoms with van der Waals surface area (Å²) in [6, 6.07) is 12.6. The first-order valence-electron chi connectivity index (χ1n) is 6.72. The molecule has 0 bridgehead atoms. The lowest BCUT2D eigenvalue weighted by Gasteiger charge is -2.20. The monoisotopic (exact) mass is 283 g/mol. The SMILES string of the molecule is CCN(C(=O)C(=O)Nc1ccc(C)cn1)c1ccccc1. The van der Waals surface area contributed by atoms with Gasteiger partial charge in [0, 0.05) is 18.4 Å². The molecule has 2 rings (SSSR count). The Morgan fingerprint density at radius 3 is 2.43 bits per heavy atom. The maximum atomic E-state index is 12.2. The predicted octanol–water partition coefficient (Wildman–Crippen LogP) is 2.38. The standard InChI is InChI=1S/C16H17N3O2/c1-3-19(13-7-5-4-6-8-13)16(21)15(20)18-14-10-9-12(2)11-17-14/h4-11H,3H2,1-2H3,(H,17,18,20). The van der Waals surface area contributed by atoms with E-state index < -0.39 is 11.8 Å². The summed E-state index contributed by atoms with van der Waals surface area (Å²) in [7, 11) is 0. The van der Waals surface area contributed by atoms with Crippen molar-refractivity contribution in [3.05, 3.63) is 54.2 Å². The summed E-state index contributed by atoms with van der Waals surface area (Å²) in [6.45, 7) is 4.14.